The summed E-state index contributed by atoms with van der Waals surface area (Å²) < 4.78 is 26.9. The van der Waals surface area contributed by atoms with Crippen molar-refractivity contribution in [1.29, 1.82) is 0 Å². The van der Waals surface area contributed by atoms with Crippen LogP contribution < -0.4 is 10.0 Å². The fraction of sp³-hybridized carbons (Fsp3) is 0.286. The number of thiophene rings is 1. The third-order valence-corrected chi connectivity index (χ3v) is 5.20. The van der Waals surface area contributed by atoms with E-state index in [1.165, 1.54) is 4.88 Å². The number of rotatable bonds is 6. The second kappa shape index (κ2) is 6.39. The van der Waals surface area contributed by atoms with E-state index in [0.29, 0.717) is 6.54 Å². The van der Waals surface area contributed by atoms with Gasteiger partial charge in [-0.15, -0.1) is 11.3 Å². The fourth-order valence-corrected chi connectivity index (χ4v) is 3.71. The molecule has 1 aromatic heterocycles. The average Bonchev–Trinajstić information content (AvgIpc) is 2.84. The molecule has 0 bridgehead atoms. The first kappa shape index (κ1) is 15.0. The Hall–Kier alpha value is -1.37. The Kier molecular flexibility index (Phi) is 4.80. The molecular formula is C14H18N2O2S2. The standard InChI is InChI=1S/C14H18N2O2S2/c1-3-15-12-5-8-14(9-6-12)20(17,18)16-10-13-7-4-11(2)19-13/h4-9,15-16H,3,10H2,1-2H3. The van der Waals surface area contributed by atoms with Crippen LogP contribution in [0.1, 0.15) is 16.7 Å². The van der Waals surface area contributed by atoms with Gasteiger partial charge in [-0.3, -0.25) is 0 Å². The minimum absolute atomic E-state index is 0.285. The number of hydrogen-bond donors (Lipinski definition) is 2. The molecule has 0 fully saturated rings. The van der Waals surface area contributed by atoms with E-state index in [9.17, 15) is 8.42 Å². The molecule has 0 saturated heterocycles. The van der Waals surface area contributed by atoms with Gasteiger partial charge in [0.15, 0.2) is 0 Å². The van der Waals surface area contributed by atoms with Crippen LogP contribution in [0.15, 0.2) is 41.3 Å². The van der Waals surface area contributed by atoms with Gasteiger partial charge in [0.2, 0.25) is 10.0 Å². The van der Waals surface area contributed by atoms with Gasteiger partial charge in [-0.1, -0.05) is 0 Å². The molecule has 2 N–H and O–H groups in total. The zero-order chi connectivity index (χ0) is 14.6. The second-order valence-corrected chi connectivity index (χ2v) is 7.53. The van der Waals surface area contributed by atoms with Crippen LogP contribution in [-0.4, -0.2) is 15.0 Å². The molecule has 0 radical (unpaired) electrons. The molecule has 1 heterocycles. The van der Waals surface area contributed by atoms with E-state index in [2.05, 4.69) is 10.0 Å². The van der Waals surface area contributed by atoms with Gasteiger partial charge in [0, 0.05) is 28.5 Å². The Morgan fingerprint density at radius 3 is 2.35 bits per heavy atom. The van der Waals surface area contributed by atoms with Crippen molar-refractivity contribution in [2.75, 3.05) is 11.9 Å². The van der Waals surface area contributed by atoms with Gasteiger partial charge in [0.25, 0.3) is 0 Å². The molecule has 4 nitrogen and oxygen atoms in total. The van der Waals surface area contributed by atoms with Gasteiger partial charge in [-0.25, -0.2) is 13.1 Å². The topological polar surface area (TPSA) is 58.2 Å². The van der Waals surface area contributed by atoms with Gasteiger partial charge >= 0.3 is 0 Å². The van der Waals surface area contributed by atoms with Gasteiger partial charge in [0.05, 0.1) is 4.90 Å². The molecule has 0 amide bonds. The van der Waals surface area contributed by atoms with E-state index in [1.54, 1.807) is 35.6 Å². The van der Waals surface area contributed by atoms with Crippen molar-refractivity contribution in [3.05, 3.63) is 46.2 Å². The van der Waals surface area contributed by atoms with E-state index < -0.39 is 10.0 Å². The van der Waals surface area contributed by atoms with Crippen molar-refractivity contribution in [1.82, 2.24) is 4.72 Å². The lowest BCUT2D eigenvalue weighted by Gasteiger charge is -2.07. The Morgan fingerprint density at radius 2 is 1.80 bits per heavy atom. The summed E-state index contributed by atoms with van der Waals surface area (Å²) in [4.78, 5) is 2.47. The Balaban J connectivity index is 2.05. The van der Waals surface area contributed by atoms with Crippen LogP contribution in [0.3, 0.4) is 0 Å². The van der Waals surface area contributed by atoms with Crippen LogP contribution in [0.4, 0.5) is 5.69 Å². The molecule has 6 heteroatoms. The van der Waals surface area contributed by atoms with Crippen molar-refractivity contribution in [2.45, 2.75) is 25.3 Å². The average molecular weight is 310 g/mol. The minimum atomic E-state index is -3.45. The van der Waals surface area contributed by atoms with Crippen LogP contribution in [0.2, 0.25) is 0 Å². The summed E-state index contributed by atoms with van der Waals surface area (Å²) in [6.45, 7) is 5.13. The van der Waals surface area contributed by atoms with Crippen LogP contribution in [0, 0.1) is 6.92 Å². The Labute approximate surface area is 123 Å². The molecule has 0 aliphatic rings. The molecule has 0 saturated carbocycles. The highest BCUT2D eigenvalue weighted by Gasteiger charge is 2.13. The molecule has 0 unspecified atom stereocenters. The lowest BCUT2D eigenvalue weighted by Crippen LogP contribution is -2.22. The monoisotopic (exact) mass is 310 g/mol. The van der Waals surface area contributed by atoms with E-state index in [4.69, 9.17) is 0 Å². The van der Waals surface area contributed by atoms with E-state index in [0.717, 1.165) is 17.1 Å². The molecule has 0 spiro atoms. The molecule has 108 valence electrons. The van der Waals surface area contributed by atoms with Gasteiger partial charge in [-0.05, 0) is 50.2 Å². The Bertz CT molecular complexity index is 661. The van der Waals surface area contributed by atoms with Crippen molar-refractivity contribution in [3.63, 3.8) is 0 Å². The lowest BCUT2D eigenvalue weighted by molar-refractivity contribution is 0.582. The van der Waals surface area contributed by atoms with Crippen LogP contribution >= 0.6 is 11.3 Å². The normalized spacial score (nSPS) is 11.5. The maximum Gasteiger partial charge on any atom is 0.240 e. The summed E-state index contributed by atoms with van der Waals surface area (Å²) in [5.74, 6) is 0. The van der Waals surface area contributed by atoms with Crippen molar-refractivity contribution >= 4 is 27.0 Å². The molecule has 2 aromatic rings. The Morgan fingerprint density at radius 1 is 1.10 bits per heavy atom. The molecule has 0 atom stereocenters. The smallest absolute Gasteiger partial charge is 0.240 e. The predicted molar refractivity (Wildman–Crippen MR) is 83.7 cm³/mol. The molecular weight excluding hydrogens is 292 g/mol. The number of nitrogens with one attached hydrogen (secondary N) is 2. The first-order valence-corrected chi connectivity index (χ1v) is 8.70. The number of aryl methyl sites for hydroxylation is 1. The van der Waals surface area contributed by atoms with Crippen LogP contribution in [-0.2, 0) is 16.6 Å². The molecule has 2 rings (SSSR count). The van der Waals surface area contributed by atoms with Crippen molar-refractivity contribution in [2.24, 2.45) is 0 Å². The highest BCUT2D eigenvalue weighted by molar-refractivity contribution is 7.89. The summed E-state index contributed by atoms with van der Waals surface area (Å²) in [6, 6.07) is 10.7. The molecule has 1 aromatic carbocycles. The van der Waals surface area contributed by atoms with E-state index >= 15 is 0 Å². The summed E-state index contributed by atoms with van der Waals surface area (Å²) in [5, 5.41) is 3.13. The summed E-state index contributed by atoms with van der Waals surface area (Å²) in [5.41, 5.74) is 0.917. The number of anilines is 1. The van der Waals surface area contributed by atoms with Gasteiger partial charge in [-0.2, -0.15) is 0 Å². The predicted octanol–water partition coefficient (Wildman–Crippen LogP) is 2.97. The van der Waals surface area contributed by atoms with Crippen LogP contribution in [0.25, 0.3) is 0 Å². The zero-order valence-electron chi connectivity index (χ0n) is 11.5. The molecule has 0 aliphatic heterocycles. The summed E-state index contributed by atoms with van der Waals surface area (Å²) in [6.07, 6.45) is 0. The number of benzene rings is 1. The first-order valence-electron chi connectivity index (χ1n) is 6.40. The molecule has 20 heavy (non-hydrogen) atoms. The van der Waals surface area contributed by atoms with Crippen molar-refractivity contribution in [3.8, 4) is 0 Å². The third kappa shape index (κ3) is 3.82. The third-order valence-electron chi connectivity index (χ3n) is 2.78. The SMILES string of the molecule is CCNc1ccc(S(=O)(=O)NCc2ccc(C)s2)cc1. The van der Waals surface area contributed by atoms with Gasteiger partial charge < -0.3 is 5.32 Å². The minimum Gasteiger partial charge on any atom is -0.385 e. The lowest BCUT2D eigenvalue weighted by atomic mass is 10.3. The number of hydrogen-bond acceptors (Lipinski definition) is 4. The zero-order valence-corrected chi connectivity index (χ0v) is 13.1. The second-order valence-electron chi connectivity index (χ2n) is 4.39. The summed E-state index contributed by atoms with van der Waals surface area (Å²) >= 11 is 1.60. The largest absolute Gasteiger partial charge is 0.385 e. The van der Waals surface area contributed by atoms with E-state index in [-0.39, 0.29) is 4.90 Å². The highest BCUT2D eigenvalue weighted by Crippen LogP contribution is 2.17. The number of sulfonamides is 1. The van der Waals surface area contributed by atoms with E-state index in [1.807, 2.05) is 26.0 Å². The fourth-order valence-electron chi connectivity index (χ4n) is 1.79. The quantitative estimate of drug-likeness (QED) is 0.862. The maximum absolute atomic E-state index is 12.2. The van der Waals surface area contributed by atoms with Crippen molar-refractivity contribution < 1.29 is 8.42 Å². The summed E-state index contributed by atoms with van der Waals surface area (Å²) in [7, 11) is -3.45. The van der Waals surface area contributed by atoms with Crippen LogP contribution in [0.5, 0.6) is 0 Å². The highest BCUT2D eigenvalue weighted by atomic mass is 32.2. The molecule has 0 aliphatic carbocycles. The first-order chi connectivity index (χ1) is 9.51. The van der Waals surface area contributed by atoms with Gasteiger partial charge in [0.1, 0.15) is 0 Å². The maximum atomic E-state index is 12.2.